The van der Waals surface area contributed by atoms with Gasteiger partial charge in [0.05, 0.1) is 18.2 Å². The second-order valence-corrected chi connectivity index (χ2v) is 8.56. The first-order valence-corrected chi connectivity index (χ1v) is 11.3. The van der Waals surface area contributed by atoms with E-state index in [0.29, 0.717) is 11.1 Å². The van der Waals surface area contributed by atoms with Crippen LogP contribution in [0.4, 0.5) is 8.78 Å². The number of alkyl halides is 1. The maximum absolute atomic E-state index is 16.7. The molecule has 0 aliphatic rings. The number of nitriles is 1. The van der Waals surface area contributed by atoms with Crippen LogP contribution in [0, 0.1) is 17.1 Å². The molecule has 0 saturated heterocycles. The highest BCUT2D eigenvalue weighted by atomic mass is 35.5. The summed E-state index contributed by atoms with van der Waals surface area (Å²) < 4.78 is 42.7. The number of benzene rings is 3. The first-order chi connectivity index (χ1) is 16.3. The van der Waals surface area contributed by atoms with Crippen molar-refractivity contribution in [1.82, 2.24) is 5.32 Å². The molecular weight excluding hydrogens is 458 g/mol. The molecule has 1 atom stereocenters. The molecule has 0 radical (unpaired) electrons. The van der Waals surface area contributed by atoms with Crippen molar-refractivity contribution < 1.29 is 18.3 Å². The fourth-order valence-corrected chi connectivity index (χ4v) is 3.85. The van der Waals surface area contributed by atoms with Crippen molar-refractivity contribution in [2.45, 2.75) is 25.6 Å². The van der Waals surface area contributed by atoms with Crippen molar-refractivity contribution in [2.75, 3.05) is 26.9 Å². The number of methoxy groups -OCH3 is 1. The standard InChI is InChI=1S/C27H27ClF2N2O2/c1-18(2)32-17-27(30,20-7-5-4-6-8-20)21-10-11-23(28)22(15-21)25-19(16-31)9-12-24(26(25)29)34-14-13-33-3/h4-12,15,18,32H,13-14,17H2,1-3H3. The highest BCUT2D eigenvalue weighted by Crippen LogP contribution is 2.41. The Kier molecular flexibility index (Phi) is 8.62. The number of nitrogens with one attached hydrogen (secondary N) is 1. The van der Waals surface area contributed by atoms with Crippen LogP contribution in [0.3, 0.4) is 0 Å². The van der Waals surface area contributed by atoms with E-state index in [1.165, 1.54) is 31.4 Å². The summed E-state index contributed by atoms with van der Waals surface area (Å²) in [5.74, 6) is -0.776. The molecule has 178 valence electrons. The van der Waals surface area contributed by atoms with Gasteiger partial charge in [0, 0.05) is 35.8 Å². The van der Waals surface area contributed by atoms with Crippen molar-refractivity contribution in [3.8, 4) is 22.9 Å². The molecule has 0 fully saturated rings. The van der Waals surface area contributed by atoms with Gasteiger partial charge in [-0.2, -0.15) is 5.26 Å². The molecule has 0 heterocycles. The smallest absolute Gasteiger partial charge is 0.174 e. The minimum atomic E-state index is -1.92. The summed E-state index contributed by atoms with van der Waals surface area (Å²) >= 11 is 6.46. The molecule has 1 unspecified atom stereocenters. The Hall–Kier alpha value is -2.98. The van der Waals surface area contributed by atoms with Crippen molar-refractivity contribution in [3.05, 3.63) is 88.2 Å². The van der Waals surface area contributed by atoms with Gasteiger partial charge >= 0.3 is 0 Å². The van der Waals surface area contributed by atoms with E-state index in [0.717, 1.165) is 0 Å². The average molecular weight is 485 g/mol. The Morgan fingerprint density at radius 3 is 2.44 bits per heavy atom. The normalized spacial score (nSPS) is 12.9. The van der Waals surface area contributed by atoms with E-state index in [-0.39, 0.29) is 53.3 Å². The molecule has 3 rings (SSSR count). The molecule has 0 amide bonds. The third-order valence-electron chi connectivity index (χ3n) is 5.45. The van der Waals surface area contributed by atoms with Gasteiger partial charge in [-0.05, 0) is 35.4 Å². The zero-order valence-electron chi connectivity index (χ0n) is 19.4. The lowest BCUT2D eigenvalue weighted by atomic mass is 9.85. The third kappa shape index (κ3) is 5.56. The summed E-state index contributed by atoms with van der Waals surface area (Å²) in [4.78, 5) is 0. The van der Waals surface area contributed by atoms with E-state index in [2.05, 4.69) is 5.32 Å². The maximum atomic E-state index is 16.7. The van der Waals surface area contributed by atoms with Crippen molar-refractivity contribution in [1.29, 1.82) is 5.26 Å². The number of halogens is 3. The van der Waals surface area contributed by atoms with Gasteiger partial charge in [-0.1, -0.05) is 61.8 Å². The van der Waals surface area contributed by atoms with Gasteiger partial charge in [0.25, 0.3) is 0 Å². The van der Waals surface area contributed by atoms with Crippen molar-refractivity contribution in [2.24, 2.45) is 0 Å². The minimum Gasteiger partial charge on any atom is -0.488 e. The van der Waals surface area contributed by atoms with Crippen LogP contribution in [-0.2, 0) is 10.4 Å². The molecule has 0 aliphatic carbocycles. The Morgan fingerprint density at radius 1 is 1.06 bits per heavy atom. The van der Waals surface area contributed by atoms with E-state index >= 15 is 8.78 Å². The van der Waals surface area contributed by atoms with Gasteiger partial charge in [-0.25, -0.2) is 8.78 Å². The fraction of sp³-hybridized carbons (Fsp3) is 0.296. The zero-order chi connectivity index (χ0) is 24.7. The molecule has 0 aromatic heterocycles. The molecule has 34 heavy (non-hydrogen) atoms. The lowest BCUT2D eigenvalue weighted by Gasteiger charge is -2.29. The molecule has 0 aliphatic heterocycles. The van der Waals surface area contributed by atoms with Crippen LogP contribution in [0.15, 0.2) is 60.7 Å². The van der Waals surface area contributed by atoms with Crippen molar-refractivity contribution in [3.63, 3.8) is 0 Å². The molecule has 4 nitrogen and oxygen atoms in total. The quantitative estimate of drug-likeness (QED) is 0.345. The molecule has 1 N–H and O–H groups in total. The number of nitrogens with zero attached hydrogens (tertiary/aromatic N) is 1. The number of hydrogen-bond donors (Lipinski definition) is 1. The topological polar surface area (TPSA) is 54.3 Å². The van der Waals surface area contributed by atoms with Crippen LogP contribution >= 0.6 is 11.6 Å². The summed E-state index contributed by atoms with van der Waals surface area (Å²) in [7, 11) is 1.51. The highest BCUT2D eigenvalue weighted by Gasteiger charge is 2.35. The average Bonchev–Trinajstić information content (AvgIpc) is 2.84. The Labute approximate surface area is 204 Å². The lowest BCUT2D eigenvalue weighted by molar-refractivity contribution is 0.144. The Bertz CT molecular complexity index is 1170. The van der Waals surface area contributed by atoms with E-state index in [9.17, 15) is 5.26 Å². The SMILES string of the molecule is COCCOc1ccc(C#N)c(-c2cc(C(F)(CNC(C)C)c3ccccc3)ccc2Cl)c1F. The summed E-state index contributed by atoms with van der Waals surface area (Å²) in [6, 6.07) is 18.3. The maximum Gasteiger partial charge on any atom is 0.174 e. The lowest BCUT2D eigenvalue weighted by Crippen LogP contribution is -2.38. The van der Waals surface area contributed by atoms with Gasteiger partial charge < -0.3 is 14.8 Å². The monoisotopic (exact) mass is 484 g/mol. The zero-order valence-corrected chi connectivity index (χ0v) is 20.1. The van der Waals surface area contributed by atoms with Gasteiger partial charge in [0.1, 0.15) is 6.61 Å². The third-order valence-corrected chi connectivity index (χ3v) is 5.78. The number of rotatable bonds is 10. The fourth-order valence-electron chi connectivity index (χ4n) is 3.64. The summed E-state index contributed by atoms with van der Waals surface area (Å²) in [6.07, 6.45) is 0. The Balaban J connectivity index is 2.16. The summed E-state index contributed by atoms with van der Waals surface area (Å²) in [5, 5.41) is 13.0. The van der Waals surface area contributed by atoms with E-state index in [4.69, 9.17) is 21.1 Å². The van der Waals surface area contributed by atoms with E-state index < -0.39 is 11.5 Å². The van der Waals surface area contributed by atoms with Crippen molar-refractivity contribution >= 4 is 11.6 Å². The molecule has 0 bridgehead atoms. The molecule has 0 saturated carbocycles. The minimum absolute atomic E-state index is 0.00348. The van der Waals surface area contributed by atoms with Crippen LogP contribution in [0.5, 0.6) is 5.75 Å². The van der Waals surface area contributed by atoms with E-state index in [1.54, 1.807) is 30.3 Å². The van der Waals surface area contributed by atoms with Crippen LogP contribution in [0.25, 0.3) is 11.1 Å². The molecule has 0 spiro atoms. The van der Waals surface area contributed by atoms with E-state index in [1.807, 2.05) is 26.0 Å². The first-order valence-electron chi connectivity index (χ1n) is 10.9. The van der Waals surface area contributed by atoms with Gasteiger partial charge in [-0.3, -0.25) is 0 Å². The van der Waals surface area contributed by atoms with Gasteiger partial charge in [0.2, 0.25) is 0 Å². The summed E-state index contributed by atoms with van der Waals surface area (Å²) in [5.41, 5.74) is -0.917. The first kappa shape index (κ1) is 25.6. The molecule has 3 aromatic rings. The Morgan fingerprint density at radius 2 is 1.79 bits per heavy atom. The van der Waals surface area contributed by atoms with Gasteiger partial charge in [-0.15, -0.1) is 0 Å². The predicted octanol–water partition coefficient (Wildman–Crippen LogP) is 6.25. The summed E-state index contributed by atoms with van der Waals surface area (Å²) in [6.45, 7) is 4.28. The van der Waals surface area contributed by atoms with Crippen LogP contribution in [-0.4, -0.2) is 32.9 Å². The largest absolute Gasteiger partial charge is 0.488 e. The van der Waals surface area contributed by atoms with Crippen LogP contribution < -0.4 is 10.1 Å². The molecular formula is C27H27ClF2N2O2. The van der Waals surface area contributed by atoms with Crippen LogP contribution in [0.1, 0.15) is 30.5 Å². The number of ether oxygens (including phenoxy) is 2. The van der Waals surface area contributed by atoms with Crippen LogP contribution in [0.2, 0.25) is 5.02 Å². The highest BCUT2D eigenvalue weighted by molar-refractivity contribution is 6.33. The predicted molar refractivity (Wildman–Crippen MR) is 130 cm³/mol. The van der Waals surface area contributed by atoms with Gasteiger partial charge in [0.15, 0.2) is 17.2 Å². The molecule has 7 heteroatoms. The number of hydrogen-bond acceptors (Lipinski definition) is 4. The second kappa shape index (κ2) is 11.4. The molecule has 3 aromatic carbocycles. The second-order valence-electron chi connectivity index (χ2n) is 8.15.